The molecule has 142 valence electrons. The van der Waals surface area contributed by atoms with E-state index in [9.17, 15) is 17.6 Å². The second kappa shape index (κ2) is 6.77. The summed E-state index contributed by atoms with van der Waals surface area (Å²) in [5, 5.41) is 0. The Hall–Kier alpha value is -2.74. The molecule has 1 aromatic heterocycles. The van der Waals surface area contributed by atoms with E-state index in [2.05, 4.69) is 4.98 Å². The quantitative estimate of drug-likeness (QED) is 0.779. The number of sulfone groups is 1. The fourth-order valence-corrected chi connectivity index (χ4v) is 3.05. The Morgan fingerprint density at radius 2 is 1.81 bits per heavy atom. The highest BCUT2D eigenvalue weighted by Crippen LogP contribution is 2.36. The maximum absolute atomic E-state index is 13.0. The van der Waals surface area contributed by atoms with Crippen molar-refractivity contribution >= 4 is 21.4 Å². The number of halogens is 1. The number of hydrogen-bond donors (Lipinski definition) is 0. The Bertz CT molecular complexity index is 1010. The SMILES string of the molecule is CC1(C)OC(c2ccc(S(C)(=O)=O)cn2)=C(OCc2ccc(F)cc2)C1=O. The molecule has 0 spiro atoms. The number of hydrogen-bond acceptors (Lipinski definition) is 6. The van der Waals surface area contributed by atoms with Crippen molar-refractivity contribution in [2.75, 3.05) is 6.26 Å². The molecule has 3 rings (SSSR count). The zero-order chi connectivity index (χ0) is 19.8. The van der Waals surface area contributed by atoms with Gasteiger partial charge in [-0.15, -0.1) is 0 Å². The standard InChI is InChI=1S/C19H18FNO5S/c1-19(2)18(22)17(25-11-12-4-6-13(20)7-5-12)16(26-19)15-9-8-14(10-21-15)27(3,23)24/h4-10H,11H2,1-3H3. The molecule has 1 aliphatic heterocycles. The molecule has 1 aliphatic rings. The first-order valence-corrected chi connectivity index (χ1v) is 9.99. The average molecular weight is 391 g/mol. The molecule has 0 bridgehead atoms. The largest absolute Gasteiger partial charge is 0.481 e. The Kier molecular flexibility index (Phi) is 4.77. The van der Waals surface area contributed by atoms with Crippen LogP contribution in [0.5, 0.6) is 0 Å². The van der Waals surface area contributed by atoms with Gasteiger partial charge in [0.15, 0.2) is 21.2 Å². The van der Waals surface area contributed by atoms with E-state index < -0.39 is 15.4 Å². The van der Waals surface area contributed by atoms with Gasteiger partial charge in [0.1, 0.15) is 18.1 Å². The molecule has 0 saturated heterocycles. The first-order chi connectivity index (χ1) is 12.6. The van der Waals surface area contributed by atoms with E-state index in [1.807, 2.05) is 0 Å². The van der Waals surface area contributed by atoms with Gasteiger partial charge in [0.25, 0.3) is 0 Å². The number of benzene rings is 1. The number of Topliss-reactive ketones (excluding diaryl/α,β-unsaturated/α-hetero) is 1. The van der Waals surface area contributed by atoms with Gasteiger partial charge in [-0.3, -0.25) is 9.78 Å². The number of aromatic nitrogens is 1. The summed E-state index contributed by atoms with van der Waals surface area (Å²) in [6, 6.07) is 8.57. The van der Waals surface area contributed by atoms with Gasteiger partial charge in [-0.05, 0) is 43.7 Å². The number of carbonyl (C=O) groups is 1. The summed E-state index contributed by atoms with van der Waals surface area (Å²) < 4.78 is 47.6. The molecule has 2 heterocycles. The number of pyridine rings is 1. The maximum atomic E-state index is 13.0. The third-order valence-electron chi connectivity index (χ3n) is 4.01. The monoisotopic (exact) mass is 391 g/mol. The summed E-state index contributed by atoms with van der Waals surface area (Å²) in [7, 11) is -3.39. The second-order valence-corrected chi connectivity index (χ2v) is 8.68. The zero-order valence-electron chi connectivity index (χ0n) is 15.0. The van der Waals surface area contributed by atoms with Crippen LogP contribution in [0.25, 0.3) is 5.76 Å². The van der Waals surface area contributed by atoms with Crippen LogP contribution >= 0.6 is 0 Å². The molecule has 8 heteroatoms. The van der Waals surface area contributed by atoms with Crippen LogP contribution in [0.15, 0.2) is 53.2 Å². The first-order valence-electron chi connectivity index (χ1n) is 8.10. The van der Waals surface area contributed by atoms with E-state index in [4.69, 9.17) is 9.47 Å². The minimum Gasteiger partial charge on any atom is -0.481 e. The smallest absolute Gasteiger partial charge is 0.244 e. The number of carbonyl (C=O) groups excluding carboxylic acids is 1. The second-order valence-electron chi connectivity index (χ2n) is 6.67. The van der Waals surface area contributed by atoms with Crippen LogP contribution in [0.1, 0.15) is 25.1 Å². The lowest BCUT2D eigenvalue weighted by molar-refractivity contribution is -0.129. The van der Waals surface area contributed by atoms with Gasteiger partial charge in [-0.1, -0.05) is 12.1 Å². The molecule has 0 radical (unpaired) electrons. The van der Waals surface area contributed by atoms with Crippen LogP contribution in [-0.2, 0) is 30.7 Å². The van der Waals surface area contributed by atoms with Crippen LogP contribution in [0, 0.1) is 5.82 Å². The molecule has 0 fully saturated rings. The Balaban J connectivity index is 1.92. The predicted octanol–water partition coefficient (Wildman–Crippen LogP) is 2.89. The Morgan fingerprint density at radius 1 is 1.15 bits per heavy atom. The Morgan fingerprint density at radius 3 is 2.37 bits per heavy atom. The van der Waals surface area contributed by atoms with Gasteiger partial charge in [-0.2, -0.15) is 0 Å². The highest BCUT2D eigenvalue weighted by atomic mass is 32.2. The third kappa shape index (κ3) is 4.00. The van der Waals surface area contributed by atoms with Crippen LogP contribution < -0.4 is 0 Å². The molecular formula is C19H18FNO5S. The summed E-state index contributed by atoms with van der Waals surface area (Å²) in [6.45, 7) is 3.26. The fraction of sp³-hybridized carbons (Fsp3) is 0.263. The van der Waals surface area contributed by atoms with Crippen LogP contribution in [0.2, 0.25) is 0 Å². The van der Waals surface area contributed by atoms with Crippen molar-refractivity contribution in [3.63, 3.8) is 0 Å². The summed E-state index contributed by atoms with van der Waals surface area (Å²) in [6.07, 6.45) is 2.29. The van der Waals surface area contributed by atoms with Crippen molar-refractivity contribution < 1.29 is 27.1 Å². The summed E-state index contributed by atoms with van der Waals surface area (Å²) in [4.78, 5) is 16.8. The minimum atomic E-state index is -3.39. The zero-order valence-corrected chi connectivity index (χ0v) is 15.8. The molecule has 0 unspecified atom stereocenters. The lowest BCUT2D eigenvalue weighted by Crippen LogP contribution is -2.30. The molecule has 0 N–H and O–H groups in total. The number of ketones is 1. The molecule has 1 aromatic carbocycles. The summed E-state index contributed by atoms with van der Waals surface area (Å²) in [5.41, 5.74) is -0.165. The van der Waals surface area contributed by atoms with Crippen molar-refractivity contribution in [2.24, 2.45) is 0 Å². The molecule has 0 atom stereocenters. The highest BCUT2D eigenvalue weighted by Gasteiger charge is 2.44. The van der Waals surface area contributed by atoms with Crippen LogP contribution in [-0.4, -0.2) is 31.0 Å². The topological polar surface area (TPSA) is 82.6 Å². The van der Waals surface area contributed by atoms with E-state index in [0.29, 0.717) is 5.56 Å². The summed E-state index contributed by atoms with van der Waals surface area (Å²) >= 11 is 0. The number of rotatable bonds is 5. The van der Waals surface area contributed by atoms with Crippen molar-refractivity contribution in [2.45, 2.75) is 31.0 Å². The third-order valence-corrected chi connectivity index (χ3v) is 5.11. The average Bonchev–Trinajstić information content (AvgIpc) is 2.84. The lowest BCUT2D eigenvalue weighted by Gasteiger charge is -2.16. The number of nitrogens with zero attached hydrogens (tertiary/aromatic N) is 1. The van der Waals surface area contributed by atoms with Crippen molar-refractivity contribution in [1.82, 2.24) is 4.98 Å². The minimum absolute atomic E-state index is 0.00364. The van der Waals surface area contributed by atoms with Gasteiger partial charge < -0.3 is 9.47 Å². The molecule has 0 aliphatic carbocycles. The maximum Gasteiger partial charge on any atom is 0.244 e. The van der Waals surface area contributed by atoms with Crippen molar-refractivity contribution in [1.29, 1.82) is 0 Å². The van der Waals surface area contributed by atoms with E-state index in [0.717, 1.165) is 6.26 Å². The lowest BCUT2D eigenvalue weighted by atomic mass is 10.0. The van der Waals surface area contributed by atoms with E-state index in [1.54, 1.807) is 26.0 Å². The van der Waals surface area contributed by atoms with Crippen LogP contribution in [0.4, 0.5) is 4.39 Å². The Labute approximate surface area is 156 Å². The van der Waals surface area contributed by atoms with Gasteiger partial charge >= 0.3 is 0 Å². The summed E-state index contributed by atoms with van der Waals surface area (Å²) in [5.74, 6) is -0.570. The van der Waals surface area contributed by atoms with Crippen molar-refractivity contribution in [3.8, 4) is 0 Å². The van der Waals surface area contributed by atoms with E-state index >= 15 is 0 Å². The molecular weight excluding hydrogens is 373 g/mol. The van der Waals surface area contributed by atoms with Gasteiger partial charge in [0, 0.05) is 12.5 Å². The fourth-order valence-electron chi connectivity index (χ4n) is 2.49. The number of ether oxygens (including phenoxy) is 2. The molecule has 0 saturated carbocycles. The first kappa shape index (κ1) is 19.0. The van der Waals surface area contributed by atoms with Crippen LogP contribution in [0.3, 0.4) is 0 Å². The van der Waals surface area contributed by atoms with Crippen molar-refractivity contribution in [3.05, 3.63) is 65.4 Å². The van der Waals surface area contributed by atoms with E-state index in [-0.39, 0.29) is 40.3 Å². The van der Waals surface area contributed by atoms with E-state index in [1.165, 1.54) is 30.5 Å². The molecule has 2 aromatic rings. The predicted molar refractivity (Wildman–Crippen MR) is 95.6 cm³/mol. The van der Waals surface area contributed by atoms with Gasteiger partial charge in [0.05, 0.1) is 4.90 Å². The van der Waals surface area contributed by atoms with Gasteiger partial charge in [-0.25, -0.2) is 12.8 Å². The molecule has 6 nitrogen and oxygen atoms in total. The normalized spacial score (nSPS) is 16.4. The highest BCUT2D eigenvalue weighted by molar-refractivity contribution is 7.90. The molecule has 27 heavy (non-hydrogen) atoms. The van der Waals surface area contributed by atoms with Gasteiger partial charge in [0.2, 0.25) is 11.5 Å². The molecule has 0 amide bonds.